The Morgan fingerprint density at radius 3 is 2.30 bits per heavy atom. The molecule has 2 saturated carbocycles. The lowest BCUT2D eigenvalue weighted by atomic mass is 9.78. The summed E-state index contributed by atoms with van der Waals surface area (Å²) >= 11 is 0. The first kappa shape index (κ1) is 22.5. The molecule has 7 nitrogen and oxygen atoms in total. The molecule has 0 spiro atoms. The molecule has 0 radical (unpaired) electrons. The van der Waals surface area contributed by atoms with Crippen molar-refractivity contribution >= 4 is 5.97 Å². The van der Waals surface area contributed by atoms with Crippen LogP contribution >= 0.6 is 0 Å². The van der Waals surface area contributed by atoms with Gasteiger partial charge in [0.15, 0.2) is 0 Å². The number of carbonyl (C=O) groups is 1. The van der Waals surface area contributed by atoms with E-state index in [2.05, 4.69) is 20.9 Å². The van der Waals surface area contributed by atoms with Crippen LogP contribution in [-0.2, 0) is 14.3 Å². The minimum atomic E-state index is -0.0692. The topological polar surface area (TPSA) is 74.6 Å². The van der Waals surface area contributed by atoms with Crippen LogP contribution < -0.4 is 16.0 Å². The smallest absolute Gasteiger partial charge is 0.324 e. The summed E-state index contributed by atoms with van der Waals surface area (Å²) in [5, 5.41) is 11.2. The molecular formula is C23H42N4O3. The van der Waals surface area contributed by atoms with Crippen molar-refractivity contribution in [2.75, 3.05) is 40.4 Å². The van der Waals surface area contributed by atoms with Crippen molar-refractivity contribution in [2.45, 2.75) is 82.3 Å². The SMILES string of the molecule is COC(=O)C1CN1CCC1CCC(NC2NCC(C3CCC(OC)CC3)CN2)CC1. The van der Waals surface area contributed by atoms with E-state index in [1.807, 2.05) is 7.11 Å². The fourth-order valence-corrected chi connectivity index (χ4v) is 5.91. The third-order valence-corrected chi connectivity index (χ3v) is 8.15. The van der Waals surface area contributed by atoms with Crippen molar-refractivity contribution in [1.82, 2.24) is 20.9 Å². The first-order valence-corrected chi connectivity index (χ1v) is 12.2. The van der Waals surface area contributed by atoms with Crippen LogP contribution in [0, 0.1) is 17.8 Å². The lowest BCUT2D eigenvalue weighted by Crippen LogP contribution is -2.63. The first-order valence-electron chi connectivity index (χ1n) is 12.2. The Hall–Kier alpha value is -0.730. The molecule has 30 heavy (non-hydrogen) atoms. The number of hydrogen-bond donors (Lipinski definition) is 3. The van der Waals surface area contributed by atoms with E-state index in [0.29, 0.717) is 12.1 Å². The van der Waals surface area contributed by atoms with E-state index in [1.54, 1.807) is 0 Å². The van der Waals surface area contributed by atoms with Crippen LogP contribution in [0.5, 0.6) is 0 Å². The summed E-state index contributed by atoms with van der Waals surface area (Å²) in [6, 6.07) is 0.652. The van der Waals surface area contributed by atoms with Gasteiger partial charge in [0.05, 0.1) is 13.2 Å². The average molecular weight is 423 g/mol. The normalized spacial score (nSPS) is 41.9. The quantitative estimate of drug-likeness (QED) is 0.406. The molecule has 0 aromatic heterocycles. The Bertz CT molecular complexity index is 539. The van der Waals surface area contributed by atoms with E-state index < -0.39 is 0 Å². The third-order valence-electron chi connectivity index (χ3n) is 8.15. The van der Waals surface area contributed by atoms with Crippen molar-refractivity contribution < 1.29 is 14.3 Å². The van der Waals surface area contributed by atoms with E-state index in [0.717, 1.165) is 43.9 Å². The Kier molecular flexibility index (Phi) is 8.03. The minimum absolute atomic E-state index is 0.0373. The molecule has 7 heteroatoms. The maximum atomic E-state index is 11.5. The highest BCUT2D eigenvalue weighted by Crippen LogP contribution is 2.32. The minimum Gasteiger partial charge on any atom is -0.468 e. The first-order chi connectivity index (χ1) is 14.7. The van der Waals surface area contributed by atoms with Gasteiger partial charge in [0, 0.05) is 32.8 Å². The number of nitrogens with zero attached hydrogens (tertiary/aromatic N) is 1. The predicted molar refractivity (Wildman–Crippen MR) is 117 cm³/mol. The van der Waals surface area contributed by atoms with Crippen molar-refractivity contribution in [2.24, 2.45) is 17.8 Å². The van der Waals surface area contributed by atoms with E-state index in [1.165, 1.54) is 64.9 Å². The number of ether oxygens (including phenoxy) is 2. The number of hydrogen-bond acceptors (Lipinski definition) is 7. The van der Waals surface area contributed by atoms with Crippen LogP contribution in [0.1, 0.15) is 57.8 Å². The zero-order valence-electron chi connectivity index (χ0n) is 18.9. The van der Waals surface area contributed by atoms with Crippen molar-refractivity contribution in [3.05, 3.63) is 0 Å². The molecule has 3 N–H and O–H groups in total. The lowest BCUT2D eigenvalue weighted by Gasteiger charge is -2.40. The van der Waals surface area contributed by atoms with Gasteiger partial charge in [0.1, 0.15) is 12.3 Å². The van der Waals surface area contributed by atoms with Crippen LogP contribution in [-0.4, -0.2) is 75.7 Å². The standard InChI is InChI=1S/C23H42N4O3/c1-29-20-9-5-17(6-10-20)18-13-24-23(25-14-18)26-19-7-3-16(4-8-19)11-12-27-15-21(27)22(28)30-2/h16-21,23-26H,3-15H2,1-2H3. The largest absolute Gasteiger partial charge is 0.468 e. The van der Waals surface area contributed by atoms with Gasteiger partial charge < -0.3 is 9.47 Å². The monoisotopic (exact) mass is 422 g/mol. The number of methoxy groups -OCH3 is 2. The summed E-state index contributed by atoms with van der Waals surface area (Å²) < 4.78 is 10.3. The summed E-state index contributed by atoms with van der Waals surface area (Å²) in [5.41, 5.74) is 0. The van der Waals surface area contributed by atoms with Gasteiger partial charge in [-0.1, -0.05) is 0 Å². The van der Waals surface area contributed by atoms with Crippen molar-refractivity contribution in [1.29, 1.82) is 0 Å². The second-order valence-corrected chi connectivity index (χ2v) is 9.99. The summed E-state index contributed by atoms with van der Waals surface area (Å²) in [4.78, 5) is 13.8. The number of carbonyl (C=O) groups excluding carboxylic acids is 1. The predicted octanol–water partition coefficient (Wildman–Crippen LogP) is 1.68. The molecule has 4 aliphatic rings. The maximum absolute atomic E-state index is 11.5. The van der Waals surface area contributed by atoms with Gasteiger partial charge in [-0.05, 0) is 82.1 Å². The van der Waals surface area contributed by atoms with Crippen LogP contribution in [0.25, 0.3) is 0 Å². The lowest BCUT2D eigenvalue weighted by molar-refractivity contribution is -0.140. The van der Waals surface area contributed by atoms with Gasteiger partial charge in [-0.15, -0.1) is 0 Å². The summed E-state index contributed by atoms with van der Waals surface area (Å²) in [6.07, 6.45) is 12.2. The van der Waals surface area contributed by atoms with Gasteiger partial charge in [0.2, 0.25) is 0 Å². The van der Waals surface area contributed by atoms with Crippen molar-refractivity contribution in [3.63, 3.8) is 0 Å². The summed E-state index contributed by atoms with van der Waals surface area (Å²) in [6.45, 7) is 4.18. The van der Waals surface area contributed by atoms with Crippen LogP contribution in [0.4, 0.5) is 0 Å². The average Bonchev–Trinajstić information content (AvgIpc) is 3.58. The Morgan fingerprint density at radius 1 is 0.967 bits per heavy atom. The Morgan fingerprint density at radius 2 is 1.67 bits per heavy atom. The second-order valence-electron chi connectivity index (χ2n) is 9.99. The number of rotatable bonds is 8. The second kappa shape index (κ2) is 10.7. The van der Waals surface area contributed by atoms with E-state index in [4.69, 9.17) is 9.47 Å². The summed E-state index contributed by atoms with van der Waals surface area (Å²) in [5.74, 6) is 2.33. The highest BCUT2D eigenvalue weighted by atomic mass is 16.5. The van der Waals surface area contributed by atoms with E-state index in [-0.39, 0.29) is 18.3 Å². The number of esters is 1. The van der Waals surface area contributed by atoms with Crippen molar-refractivity contribution in [3.8, 4) is 0 Å². The molecule has 4 fully saturated rings. The molecule has 0 amide bonds. The van der Waals surface area contributed by atoms with Gasteiger partial charge >= 0.3 is 5.97 Å². The van der Waals surface area contributed by atoms with E-state index >= 15 is 0 Å². The zero-order valence-corrected chi connectivity index (χ0v) is 18.9. The fourth-order valence-electron chi connectivity index (χ4n) is 5.91. The highest BCUT2D eigenvalue weighted by molar-refractivity contribution is 5.78. The maximum Gasteiger partial charge on any atom is 0.324 e. The molecule has 2 heterocycles. The third kappa shape index (κ3) is 5.94. The molecule has 2 atom stereocenters. The fraction of sp³-hybridized carbons (Fsp3) is 0.957. The summed E-state index contributed by atoms with van der Waals surface area (Å²) in [7, 11) is 3.33. The molecule has 2 aliphatic carbocycles. The molecule has 4 rings (SSSR count). The zero-order chi connectivity index (χ0) is 20.9. The van der Waals surface area contributed by atoms with Gasteiger partial charge in [0.25, 0.3) is 0 Å². The molecule has 2 saturated heterocycles. The van der Waals surface area contributed by atoms with Gasteiger partial charge in [-0.3, -0.25) is 25.6 Å². The van der Waals surface area contributed by atoms with E-state index in [9.17, 15) is 4.79 Å². The molecule has 2 aliphatic heterocycles. The molecule has 172 valence electrons. The molecule has 2 unspecified atom stereocenters. The molecule has 0 bridgehead atoms. The molecule has 0 aromatic rings. The van der Waals surface area contributed by atoms with Crippen LogP contribution in [0.15, 0.2) is 0 Å². The Labute approximate surface area is 182 Å². The number of nitrogens with one attached hydrogen (secondary N) is 3. The van der Waals surface area contributed by atoms with Crippen LogP contribution in [0.2, 0.25) is 0 Å². The van der Waals surface area contributed by atoms with Crippen LogP contribution in [0.3, 0.4) is 0 Å². The highest BCUT2D eigenvalue weighted by Gasteiger charge is 2.41. The molecule has 0 aromatic carbocycles. The Balaban J connectivity index is 1.07. The van der Waals surface area contributed by atoms with Gasteiger partial charge in [-0.2, -0.15) is 0 Å². The molecular weight excluding hydrogens is 380 g/mol. The van der Waals surface area contributed by atoms with Gasteiger partial charge in [-0.25, -0.2) is 0 Å².